The number of rotatable bonds is 3. The number of hydrogen-bond acceptors (Lipinski definition) is 7. The molecule has 1 aromatic heterocycles. The Morgan fingerprint density at radius 3 is 2.83 bits per heavy atom. The first-order valence-electron chi connectivity index (χ1n) is 6.43. The van der Waals surface area contributed by atoms with Gasteiger partial charge in [0, 0.05) is 32.2 Å². The van der Waals surface area contributed by atoms with E-state index >= 15 is 0 Å². The average Bonchev–Trinajstić information content (AvgIpc) is 3.01. The van der Waals surface area contributed by atoms with Gasteiger partial charge >= 0.3 is 0 Å². The predicted octanol–water partition coefficient (Wildman–Crippen LogP) is 0.0268. The number of likely N-dealkylation sites (tertiary alicyclic amines) is 1. The number of aromatic nitrogens is 2. The van der Waals surface area contributed by atoms with Crippen molar-refractivity contribution in [2.24, 2.45) is 0 Å². The van der Waals surface area contributed by atoms with Crippen LogP contribution in [0.5, 0.6) is 0 Å². The molecule has 0 spiro atoms. The van der Waals surface area contributed by atoms with Gasteiger partial charge in [0.1, 0.15) is 5.01 Å². The molecule has 0 amide bonds. The monoisotopic (exact) mass is 269 g/mol. The topological polar surface area (TPSA) is 67.5 Å². The molecule has 3 rings (SSSR count). The fourth-order valence-corrected chi connectivity index (χ4v) is 3.37. The summed E-state index contributed by atoms with van der Waals surface area (Å²) in [6.07, 6.45) is 1.24. The molecule has 2 saturated heterocycles. The SMILES string of the molecule is Nc1nnc(CN2CCC(N3CCOCC3)C2)s1. The lowest BCUT2D eigenvalue weighted by Crippen LogP contribution is -2.44. The van der Waals surface area contributed by atoms with Gasteiger partial charge in [0.15, 0.2) is 0 Å². The first-order valence-corrected chi connectivity index (χ1v) is 7.25. The molecule has 2 fully saturated rings. The molecule has 1 unspecified atom stereocenters. The standard InChI is InChI=1S/C11H19N5OS/c12-11-14-13-10(18-11)8-15-2-1-9(7-15)16-3-5-17-6-4-16/h9H,1-8H2,(H2,12,14). The van der Waals surface area contributed by atoms with Crippen LogP contribution in [0.2, 0.25) is 0 Å². The summed E-state index contributed by atoms with van der Waals surface area (Å²) in [7, 11) is 0. The van der Waals surface area contributed by atoms with Crippen molar-refractivity contribution in [2.75, 3.05) is 45.1 Å². The summed E-state index contributed by atoms with van der Waals surface area (Å²) in [5.41, 5.74) is 5.60. The lowest BCUT2D eigenvalue weighted by Gasteiger charge is -2.32. The van der Waals surface area contributed by atoms with Gasteiger partial charge in [-0.3, -0.25) is 9.80 Å². The number of morpholine rings is 1. The molecule has 6 nitrogen and oxygen atoms in total. The van der Waals surface area contributed by atoms with E-state index in [1.54, 1.807) is 0 Å². The van der Waals surface area contributed by atoms with E-state index in [4.69, 9.17) is 10.5 Å². The highest BCUT2D eigenvalue weighted by atomic mass is 32.1. The molecule has 0 radical (unpaired) electrons. The Kier molecular flexibility index (Phi) is 3.74. The highest BCUT2D eigenvalue weighted by Gasteiger charge is 2.28. The Morgan fingerprint density at radius 2 is 2.11 bits per heavy atom. The number of hydrogen-bond donors (Lipinski definition) is 1. The van der Waals surface area contributed by atoms with E-state index in [9.17, 15) is 0 Å². The van der Waals surface area contributed by atoms with E-state index in [1.165, 1.54) is 17.8 Å². The second-order valence-corrected chi connectivity index (χ2v) is 5.95. The third-order valence-corrected chi connectivity index (χ3v) is 4.39. The number of nitrogen functional groups attached to an aromatic ring is 1. The van der Waals surface area contributed by atoms with E-state index in [0.717, 1.165) is 50.9 Å². The number of nitrogens with zero attached hydrogens (tertiary/aromatic N) is 4. The van der Waals surface area contributed by atoms with Gasteiger partial charge in [0.05, 0.1) is 19.8 Å². The zero-order chi connectivity index (χ0) is 12.4. The van der Waals surface area contributed by atoms with Crippen LogP contribution in [0.25, 0.3) is 0 Å². The average molecular weight is 269 g/mol. The second-order valence-electron chi connectivity index (χ2n) is 4.86. The molecule has 2 aliphatic heterocycles. The molecule has 2 N–H and O–H groups in total. The van der Waals surface area contributed by atoms with Gasteiger partial charge in [-0.25, -0.2) is 0 Å². The van der Waals surface area contributed by atoms with Crippen LogP contribution in [0, 0.1) is 0 Å². The summed E-state index contributed by atoms with van der Waals surface area (Å²) >= 11 is 1.49. The number of ether oxygens (including phenoxy) is 1. The molecule has 7 heteroatoms. The minimum atomic E-state index is 0.564. The maximum Gasteiger partial charge on any atom is 0.203 e. The van der Waals surface area contributed by atoms with Crippen molar-refractivity contribution in [1.29, 1.82) is 0 Å². The van der Waals surface area contributed by atoms with Crippen molar-refractivity contribution in [3.63, 3.8) is 0 Å². The first-order chi connectivity index (χ1) is 8.81. The number of nitrogens with two attached hydrogens (primary N) is 1. The highest BCUT2D eigenvalue weighted by Crippen LogP contribution is 2.20. The third-order valence-electron chi connectivity index (χ3n) is 3.65. The Labute approximate surface area is 111 Å². The molecule has 18 heavy (non-hydrogen) atoms. The van der Waals surface area contributed by atoms with Gasteiger partial charge < -0.3 is 10.5 Å². The van der Waals surface area contributed by atoms with E-state index in [1.807, 2.05) is 0 Å². The van der Waals surface area contributed by atoms with Crippen LogP contribution >= 0.6 is 11.3 Å². The minimum Gasteiger partial charge on any atom is -0.379 e. The minimum absolute atomic E-state index is 0.564. The van der Waals surface area contributed by atoms with Crippen LogP contribution in [0.4, 0.5) is 5.13 Å². The Hall–Kier alpha value is -0.760. The van der Waals surface area contributed by atoms with Crippen molar-refractivity contribution in [3.05, 3.63) is 5.01 Å². The lowest BCUT2D eigenvalue weighted by atomic mass is 10.2. The zero-order valence-corrected chi connectivity index (χ0v) is 11.2. The summed E-state index contributed by atoms with van der Waals surface area (Å²) < 4.78 is 5.40. The fourth-order valence-electron chi connectivity index (χ4n) is 2.72. The Bertz CT molecular complexity index is 393. The predicted molar refractivity (Wildman–Crippen MR) is 70.4 cm³/mol. The van der Waals surface area contributed by atoms with Crippen molar-refractivity contribution in [1.82, 2.24) is 20.0 Å². The summed E-state index contributed by atoms with van der Waals surface area (Å²) in [5.74, 6) is 0. The molecule has 0 aromatic carbocycles. The maximum absolute atomic E-state index is 5.60. The molecule has 0 aliphatic carbocycles. The van der Waals surface area contributed by atoms with Crippen molar-refractivity contribution < 1.29 is 4.74 Å². The van der Waals surface area contributed by atoms with Gasteiger partial charge in [0.2, 0.25) is 5.13 Å². The van der Waals surface area contributed by atoms with Gasteiger partial charge in [-0.2, -0.15) is 0 Å². The van der Waals surface area contributed by atoms with Crippen LogP contribution in [-0.4, -0.2) is 65.4 Å². The summed E-state index contributed by atoms with van der Waals surface area (Å²) in [4.78, 5) is 5.00. The summed E-state index contributed by atoms with van der Waals surface area (Å²) in [6.45, 7) is 7.05. The van der Waals surface area contributed by atoms with Crippen molar-refractivity contribution in [3.8, 4) is 0 Å². The molecule has 1 aromatic rings. The molecule has 0 bridgehead atoms. The molecule has 3 heterocycles. The van der Waals surface area contributed by atoms with E-state index in [2.05, 4.69) is 20.0 Å². The van der Waals surface area contributed by atoms with E-state index < -0.39 is 0 Å². The maximum atomic E-state index is 5.60. The summed E-state index contributed by atoms with van der Waals surface area (Å²) in [6, 6.07) is 0.680. The molecular formula is C11H19N5OS. The first kappa shape index (κ1) is 12.3. The van der Waals surface area contributed by atoms with Crippen LogP contribution in [0.15, 0.2) is 0 Å². The normalized spacial score (nSPS) is 26.8. The molecule has 2 aliphatic rings. The second kappa shape index (κ2) is 5.48. The third kappa shape index (κ3) is 2.80. The lowest BCUT2D eigenvalue weighted by molar-refractivity contribution is 0.0184. The van der Waals surface area contributed by atoms with Crippen LogP contribution < -0.4 is 5.73 Å². The Balaban J connectivity index is 1.51. The summed E-state index contributed by atoms with van der Waals surface area (Å²) in [5, 5.41) is 9.53. The molecule has 1 atom stereocenters. The molecule has 100 valence electrons. The quantitative estimate of drug-likeness (QED) is 0.835. The van der Waals surface area contributed by atoms with E-state index in [-0.39, 0.29) is 0 Å². The van der Waals surface area contributed by atoms with Gasteiger partial charge in [-0.15, -0.1) is 10.2 Å². The van der Waals surface area contributed by atoms with Gasteiger partial charge in [-0.1, -0.05) is 11.3 Å². The van der Waals surface area contributed by atoms with Gasteiger partial charge in [-0.05, 0) is 6.42 Å². The van der Waals surface area contributed by atoms with Crippen LogP contribution in [0.3, 0.4) is 0 Å². The largest absolute Gasteiger partial charge is 0.379 e. The smallest absolute Gasteiger partial charge is 0.203 e. The fraction of sp³-hybridized carbons (Fsp3) is 0.818. The Morgan fingerprint density at radius 1 is 1.28 bits per heavy atom. The number of anilines is 1. The van der Waals surface area contributed by atoms with Gasteiger partial charge in [0.25, 0.3) is 0 Å². The highest BCUT2D eigenvalue weighted by molar-refractivity contribution is 7.15. The van der Waals surface area contributed by atoms with Crippen LogP contribution in [-0.2, 0) is 11.3 Å². The zero-order valence-electron chi connectivity index (χ0n) is 10.4. The van der Waals surface area contributed by atoms with E-state index in [0.29, 0.717) is 11.2 Å². The van der Waals surface area contributed by atoms with Crippen molar-refractivity contribution in [2.45, 2.75) is 19.0 Å². The van der Waals surface area contributed by atoms with Crippen molar-refractivity contribution >= 4 is 16.5 Å². The van der Waals surface area contributed by atoms with Crippen LogP contribution in [0.1, 0.15) is 11.4 Å². The molecule has 0 saturated carbocycles. The molecular weight excluding hydrogens is 250 g/mol.